The molecule has 1 aliphatic heterocycles. The van der Waals surface area contributed by atoms with Crippen LogP contribution < -0.4 is 4.90 Å². The zero-order valence-electron chi connectivity index (χ0n) is 11.4. The number of nitrogens with zero attached hydrogens (tertiary/aromatic N) is 2. The van der Waals surface area contributed by atoms with Crippen molar-refractivity contribution in [3.8, 4) is 0 Å². The zero-order valence-corrected chi connectivity index (χ0v) is 11.4. The molecule has 0 bridgehead atoms. The van der Waals surface area contributed by atoms with Crippen LogP contribution in [0.3, 0.4) is 0 Å². The first kappa shape index (κ1) is 13.8. The molecule has 0 aliphatic carbocycles. The lowest BCUT2D eigenvalue weighted by Crippen LogP contribution is -2.23. The molecule has 2 rings (SSSR count). The Morgan fingerprint density at radius 2 is 2.37 bits per heavy atom. The minimum Gasteiger partial charge on any atom is -0.478 e. The van der Waals surface area contributed by atoms with Crippen LogP contribution in [0.4, 0.5) is 5.82 Å². The van der Waals surface area contributed by atoms with E-state index in [-0.39, 0.29) is 6.10 Å². The maximum absolute atomic E-state index is 11.2. The number of aryl methyl sites for hydroxylation is 1. The molecule has 0 spiro atoms. The third-order valence-electron chi connectivity index (χ3n) is 3.42. The topological polar surface area (TPSA) is 62.7 Å². The van der Waals surface area contributed by atoms with Crippen LogP contribution in [0.1, 0.15) is 35.8 Å². The molecule has 1 saturated heterocycles. The molecule has 5 nitrogen and oxygen atoms in total. The number of hydrogen-bond donors (Lipinski definition) is 1. The van der Waals surface area contributed by atoms with E-state index in [2.05, 4.69) is 16.8 Å². The molecule has 0 saturated carbocycles. The molecular weight excluding hydrogens is 244 g/mol. The van der Waals surface area contributed by atoms with Crippen LogP contribution in [-0.4, -0.2) is 42.4 Å². The summed E-state index contributed by atoms with van der Waals surface area (Å²) in [4.78, 5) is 17.8. The standard InChI is InChI=1S/C14H20N2O3/c1-3-4-11-7-10(14(17)18)8-13(15-11)16-6-5-12(9-16)19-2/h7-8,12H,3-6,9H2,1-2H3,(H,17,18). The van der Waals surface area contributed by atoms with Gasteiger partial charge < -0.3 is 14.7 Å². The van der Waals surface area contributed by atoms with E-state index in [4.69, 9.17) is 4.74 Å². The number of ether oxygens (including phenoxy) is 1. The Labute approximate surface area is 113 Å². The fourth-order valence-electron chi connectivity index (χ4n) is 2.37. The van der Waals surface area contributed by atoms with Gasteiger partial charge in [-0.1, -0.05) is 13.3 Å². The average molecular weight is 264 g/mol. The van der Waals surface area contributed by atoms with Crippen LogP contribution in [0, 0.1) is 0 Å². The molecule has 2 heterocycles. The number of methoxy groups -OCH3 is 1. The highest BCUT2D eigenvalue weighted by atomic mass is 16.5. The molecule has 104 valence electrons. The van der Waals surface area contributed by atoms with Crippen molar-refractivity contribution in [2.24, 2.45) is 0 Å². The molecule has 1 atom stereocenters. The molecule has 1 aromatic heterocycles. The minimum atomic E-state index is -0.900. The normalized spacial score (nSPS) is 18.8. The predicted molar refractivity (Wildman–Crippen MR) is 72.8 cm³/mol. The molecule has 1 aliphatic rings. The highest BCUT2D eigenvalue weighted by Crippen LogP contribution is 2.22. The lowest BCUT2D eigenvalue weighted by molar-refractivity contribution is 0.0696. The van der Waals surface area contributed by atoms with Crippen molar-refractivity contribution >= 4 is 11.8 Å². The summed E-state index contributed by atoms with van der Waals surface area (Å²) in [6.07, 6.45) is 2.93. The summed E-state index contributed by atoms with van der Waals surface area (Å²) in [7, 11) is 1.71. The highest BCUT2D eigenvalue weighted by molar-refractivity contribution is 5.88. The largest absolute Gasteiger partial charge is 0.478 e. The summed E-state index contributed by atoms with van der Waals surface area (Å²) in [6, 6.07) is 3.32. The van der Waals surface area contributed by atoms with Gasteiger partial charge in [0, 0.05) is 25.9 Å². The quantitative estimate of drug-likeness (QED) is 0.880. The van der Waals surface area contributed by atoms with Crippen molar-refractivity contribution in [1.29, 1.82) is 0 Å². The summed E-state index contributed by atoms with van der Waals surface area (Å²) >= 11 is 0. The van der Waals surface area contributed by atoms with Gasteiger partial charge in [0.2, 0.25) is 0 Å². The van der Waals surface area contributed by atoms with E-state index in [9.17, 15) is 9.90 Å². The van der Waals surface area contributed by atoms with Crippen LogP contribution in [0.15, 0.2) is 12.1 Å². The Morgan fingerprint density at radius 1 is 1.58 bits per heavy atom. The van der Waals surface area contributed by atoms with Crippen molar-refractivity contribution in [1.82, 2.24) is 4.98 Å². The lowest BCUT2D eigenvalue weighted by atomic mass is 10.1. The number of aromatic nitrogens is 1. The predicted octanol–water partition coefficient (Wildman–Crippen LogP) is 1.96. The number of aromatic carboxylic acids is 1. The fourth-order valence-corrected chi connectivity index (χ4v) is 2.37. The van der Waals surface area contributed by atoms with Gasteiger partial charge in [0.1, 0.15) is 5.82 Å². The first-order chi connectivity index (χ1) is 9.13. The van der Waals surface area contributed by atoms with Gasteiger partial charge >= 0.3 is 5.97 Å². The van der Waals surface area contributed by atoms with Crippen LogP contribution in [0.5, 0.6) is 0 Å². The summed E-state index contributed by atoms with van der Waals surface area (Å²) in [5.41, 5.74) is 1.16. The summed E-state index contributed by atoms with van der Waals surface area (Å²) in [5.74, 6) is -0.147. The van der Waals surface area contributed by atoms with Gasteiger partial charge in [-0.2, -0.15) is 0 Å². The summed E-state index contributed by atoms with van der Waals surface area (Å²) in [6.45, 7) is 3.70. The van der Waals surface area contributed by atoms with Crippen molar-refractivity contribution < 1.29 is 14.6 Å². The first-order valence-corrected chi connectivity index (χ1v) is 6.66. The Bertz CT molecular complexity index is 462. The van der Waals surface area contributed by atoms with Gasteiger partial charge in [0.15, 0.2) is 0 Å². The first-order valence-electron chi connectivity index (χ1n) is 6.66. The van der Waals surface area contributed by atoms with Crippen molar-refractivity contribution in [3.63, 3.8) is 0 Å². The van der Waals surface area contributed by atoms with Crippen LogP contribution in [0.2, 0.25) is 0 Å². The number of carboxylic acids is 1. The number of carboxylic acid groups (broad SMARTS) is 1. The zero-order chi connectivity index (χ0) is 13.8. The minimum absolute atomic E-state index is 0.213. The van der Waals surface area contributed by atoms with Gasteiger partial charge in [0.25, 0.3) is 0 Å². The lowest BCUT2D eigenvalue weighted by Gasteiger charge is -2.18. The highest BCUT2D eigenvalue weighted by Gasteiger charge is 2.24. The van der Waals surface area contributed by atoms with E-state index in [0.717, 1.165) is 43.9 Å². The second-order valence-electron chi connectivity index (χ2n) is 4.85. The Morgan fingerprint density at radius 3 is 2.95 bits per heavy atom. The monoisotopic (exact) mass is 264 g/mol. The van der Waals surface area contributed by atoms with Gasteiger partial charge in [-0.3, -0.25) is 0 Å². The SMILES string of the molecule is CCCc1cc(C(=O)O)cc(N2CCC(OC)C2)n1. The smallest absolute Gasteiger partial charge is 0.335 e. The van der Waals surface area contributed by atoms with Gasteiger partial charge in [-0.25, -0.2) is 9.78 Å². The number of anilines is 1. The van der Waals surface area contributed by atoms with E-state index in [1.807, 2.05) is 0 Å². The third kappa shape index (κ3) is 3.23. The Balaban J connectivity index is 2.26. The number of hydrogen-bond acceptors (Lipinski definition) is 4. The third-order valence-corrected chi connectivity index (χ3v) is 3.42. The number of pyridine rings is 1. The van der Waals surface area contributed by atoms with Crippen molar-refractivity contribution in [3.05, 3.63) is 23.4 Å². The van der Waals surface area contributed by atoms with Gasteiger partial charge in [0.05, 0.1) is 11.7 Å². The number of carbonyl (C=O) groups is 1. The molecule has 1 N–H and O–H groups in total. The van der Waals surface area contributed by atoms with E-state index < -0.39 is 5.97 Å². The van der Waals surface area contributed by atoms with E-state index in [1.165, 1.54) is 0 Å². The molecule has 0 aromatic carbocycles. The van der Waals surface area contributed by atoms with Crippen molar-refractivity contribution in [2.75, 3.05) is 25.1 Å². The van der Waals surface area contributed by atoms with Gasteiger partial charge in [-0.15, -0.1) is 0 Å². The van der Waals surface area contributed by atoms with Crippen LogP contribution in [0.25, 0.3) is 0 Å². The molecular formula is C14H20N2O3. The molecule has 1 unspecified atom stereocenters. The van der Waals surface area contributed by atoms with Crippen LogP contribution in [-0.2, 0) is 11.2 Å². The molecule has 1 aromatic rings. The van der Waals surface area contributed by atoms with E-state index in [1.54, 1.807) is 19.2 Å². The van der Waals surface area contributed by atoms with E-state index in [0.29, 0.717) is 5.56 Å². The maximum atomic E-state index is 11.2. The molecule has 5 heteroatoms. The van der Waals surface area contributed by atoms with E-state index >= 15 is 0 Å². The van der Waals surface area contributed by atoms with Gasteiger partial charge in [-0.05, 0) is 25.0 Å². The Hall–Kier alpha value is -1.62. The molecule has 1 fully saturated rings. The molecule has 19 heavy (non-hydrogen) atoms. The molecule has 0 amide bonds. The fraction of sp³-hybridized carbons (Fsp3) is 0.571. The van der Waals surface area contributed by atoms with Crippen molar-refractivity contribution in [2.45, 2.75) is 32.3 Å². The Kier molecular flexibility index (Phi) is 4.37. The average Bonchev–Trinajstić information content (AvgIpc) is 2.87. The number of rotatable bonds is 5. The second-order valence-corrected chi connectivity index (χ2v) is 4.85. The maximum Gasteiger partial charge on any atom is 0.335 e. The molecule has 0 radical (unpaired) electrons. The summed E-state index contributed by atoms with van der Waals surface area (Å²) in [5, 5.41) is 9.17. The second kappa shape index (κ2) is 6.02. The summed E-state index contributed by atoms with van der Waals surface area (Å²) < 4.78 is 5.33. The van der Waals surface area contributed by atoms with Crippen LogP contribution >= 0.6 is 0 Å².